The molecular weight excluding hydrogens is 596 g/mol. The smallest absolute Gasteiger partial charge is 0.160 e. The Morgan fingerprint density at radius 1 is 0.574 bits per heavy atom. The molecule has 0 bridgehead atoms. The van der Waals surface area contributed by atoms with E-state index in [0.717, 1.165) is 72.2 Å². The van der Waals surface area contributed by atoms with Crippen LogP contribution in [0.25, 0.3) is 60.6 Å². The monoisotopic (exact) mass is 624 g/mol. The van der Waals surface area contributed by atoms with E-state index in [1.165, 1.54) is 10.9 Å². The van der Waals surface area contributed by atoms with Crippen molar-refractivity contribution < 1.29 is 4.42 Å². The molecule has 224 valence electrons. The molecule has 0 unspecified atom stereocenters. The van der Waals surface area contributed by atoms with Gasteiger partial charge < -0.3 is 13.9 Å². The molecule has 0 radical (unpaired) electrons. The van der Waals surface area contributed by atoms with Gasteiger partial charge in [0.05, 0.1) is 11.0 Å². The van der Waals surface area contributed by atoms with E-state index >= 15 is 0 Å². The lowest BCUT2D eigenvalue weighted by atomic mass is 9.96. The predicted octanol–water partition coefficient (Wildman–Crippen LogP) is 12.8. The van der Waals surface area contributed by atoms with Gasteiger partial charge in [0.25, 0.3) is 0 Å². The lowest BCUT2D eigenvalue weighted by Crippen LogP contribution is -2.09. The van der Waals surface area contributed by atoms with Crippen LogP contribution in [0.1, 0.15) is 5.56 Å². The predicted molar refractivity (Wildman–Crippen MR) is 198 cm³/mol. The van der Waals surface area contributed by atoms with Crippen molar-refractivity contribution in [1.29, 1.82) is 0 Å². The summed E-state index contributed by atoms with van der Waals surface area (Å²) < 4.78 is 9.17. The topological polar surface area (TPSA) is 21.3 Å². The first-order valence-corrected chi connectivity index (χ1v) is 16.2. The Bertz CT molecular complexity index is 2540. The van der Waals surface area contributed by atoms with Gasteiger partial charge in [-0.3, -0.25) is 0 Å². The average molecular weight is 625 g/mol. The van der Waals surface area contributed by atoms with Crippen molar-refractivity contribution in [3.8, 4) is 16.8 Å². The van der Waals surface area contributed by atoms with Crippen molar-refractivity contribution in [2.45, 2.75) is 6.92 Å². The zero-order valence-electron chi connectivity index (χ0n) is 25.7. The van der Waals surface area contributed by atoms with Gasteiger partial charge in [0.15, 0.2) is 5.58 Å². The minimum Gasteiger partial charge on any atom is -0.454 e. The summed E-state index contributed by atoms with van der Waals surface area (Å²) in [7, 11) is 0. The molecule has 2 heterocycles. The van der Waals surface area contributed by atoms with Gasteiger partial charge in [-0.2, -0.15) is 0 Å². The third-order valence-electron chi connectivity index (χ3n) is 9.06. The SMILES string of the molecule is Cc1ccc(-n2c3ccccc3c3cc(-c4cc(Cl)cc(N(c5ccccc5)c5ccccc5)c4)c4c5ccccc5oc4c32)cc1. The Morgan fingerprint density at radius 2 is 1.21 bits per heavy atom. The van der Waals surface area contributed by atoms with Crippen LogP contribution in [0.2, 0.25) is 5.02 Å². The molecule has 0 saturated heterocycles. The molecule has 3 nitrogen and oxygen atoms in total. The van der Waals surface area contributed by atoms with Gasteiger partial charge in [-0.1, -0.05) is 102 Å². The van der Waals surface area contributed by atoms with Crippen molar-refractivity contribution in [2.24, 2.45) is 0 Å². The van der Waals surface area contributed by atoms with E-state index in [4.69, 9.17) is 16.0 Å². The largest absolute Gasteiger partial charge is 0.454 e. The van der Waals surface area contributed by atoms with Gasteiger partial charge in [-0.15, -0.1) is 0 Å². The van der Waals surface area contributed by atoms with Crippen LogP contribution in [0.15, 0.2) is 162 Å². The summed E-state index contributed by atoms with van der Waals surface area (Å²) in [5.74, 6) is 0. The Balaban J connectivity index is 1.38. The fraction of sp³-hybridized carbons (Fsp3) is 0.0233. The van der Waals surface area contributed by atoms with Gasteiger partial charge in [-0.05, 0) is 90.8 Å². The lowest BCUT2D eigenvalue weighted by Gasteiger charge is -2.26. The number of nitrogens with zero attached hydrogens (tertiary/aromatic N) is 2. The molecule has 4 heteroatoms. The number of hydrogen-bond donors (Lipinski definition) is 0. The van der Waals surface area contributed by atoms with Crippen molar-refractivity contribution in [3.63, 3.8) is 0 Å². The first kappa shape index (κ1) is 27.5. The highest BCUT2D eigenvalue weighted by atomic mass is 35.5. The summed E-state index contributed by atoms with van der Waals surface area (Å²) in [5, 5.41) is 5.11. The molecule has 0 atom stereocenters. The molecule has 9 rings (SSSR count). The number of benzene rings is 7. The van der Waals surface area contributed by atoms with Crippen LogP contribution >= 0.6 is 11.6 Å². The van der Waals surface area contributed by atoms with Crippen LogP contribution in [-0.2, 0) is 0 Å². The number of rotatable bonds is 5. The van der Waals surface area contributed by atoms with Crippen molar-refractivity contribution in [3.05, 3.63) is 168 Å². The van der Waals surface area contributed by atoms with Crippen LogP contribution in [0.3, 0.4) is 0 Å². The molecule has 0 aliphatic carbocycles. The molecule has 0 amide bonds. The van der Waals surface area contributed by atoms with Crippen molar-refractivity contribution >= 4 is 72.4 Å². The molecule has 9 aromatic rings. The fourth-order valence-electron chi connectivity index (χ4n) is 6.98. The van der Waals surface area contributed by atoms with E-state index in [9.17, 15) is 0 Å². The number of aryl methyl sites for hydroxylation is 1. The highest BCUT2D eigenvalue weighted by Gasteiger charge is 2.23. The zero-order chi connectivity index (χ0) is 31.5. The molecular formula is C43H29ClN2O. The third-order valence-corrected chi connectivity index (χ3v) is 9.27. The Kier molecular flexibility index (Phi) is 6.41. The summed E-state index contributed by atoms with van der Waals surface area (Å²) >= 11 is 7.02. The Morgan fingerprint density at radius 3 is 1.94 bits per heavy atom. The number of para-hydroxylation sites is 4. The minimum absolute atomic E-state index is 0.664. The number of aromatic nitrogens is 1. The summed E-state index contributed by atoms with van der Waals surface area (Å²) in [6, 6.07) is 55.2. The van der Waals surface area contributed by atoms with Crippen molar-refractivity contribution in [2.75, 3.05) is 4.90 Å². The van der Waals surface area contributed by atoms with E-state index in [1.807, 2.05) is 24.3 Å². The highest BCUT2D eigenvalue weighted by molar-refractivity contribution is 6.32. The molecule has 0 N–H and O–H groups in total. The number of hydrogen-bond acceptors (Lipinski definition) is 2. The number of furan rings is 1. The Labute approximate surface area is 277 Å². The molecule has 0 aliphatic rings. The molecule has 0 aliphatic heterocycles. The summed E-state index contributed by atoms with van der Waals surface area (Å²) in [4.78, 5) is 2.25. The molecule has 0 spiro atoms. The van der Waals surface area contributed by atoms with E-state index in [0.29, 0.717) is 5.02 Å². The second-order valence-corrected chi connectivity index (χ2v) is 12.5. The van der Waals surface area contributed by atoms with E-state index in [1.54, 1.807) is 0 Å². The number of halogens is 1. The summed E-state index contributed by atoms with van der Waals surface area (Å²) in [6.07, 6.45) is 0. The highest BCUT2D eigenvalue weighted by Crippen LogP contribution is 2.47. The molecule has 0 fully saturated rings. The molecule has 47 heavy (non-hydrogen) atoms. The van der Waals surface area contributed by atoms with Gasteiger partial charge in [0.2, 0.25) is 0 Å². The van der Waals surface area contributed by atoms with Crippen LogP contribution in [0, 0.1) is 6.92 Å². The maximum absolute atomic E-state index is 7.02. The van der Waals surface area contributed by atoms with Gasteiger partial charge >= 0.3 is 0 Å². The van der Waals surface area contributed by atoms with E-state index in [-0.39, 0.29) is 0 Å². The molecule has 0 saturated carbocycles. The lowest BCUT2D eigenvalue weighted by molar-refractivity contribution is 0.671. The first-order chi connectivity index (χ1) is 23.1. The van der Waals surface area contributed by atoms with Crippen LogP contribution in [0.5, 0.6) is 0 Å². The Hall–Kier alpha value is -5.77. The normalized spacial score (nSPS) is 11.6. The number of fused-ring (bicyclic) bond motifs is 7. The molecule has 2 aromatic heterocycles. The third kappa shape index (κ3) is 4.51. The molecule has 7 aromatic carbocycles. The second-order valence-electron chi connectivity index (χ2n) is 12.0. The zero-order valence-corrected chi connectivity index (χ0v) is 26.4. The van der Waals surface area contributed by atoms with Gasteiger partial charge in [0, 0.05) is 49.3 Å². The van der Waals surface area contributed by atoms with Crippen LogP contribution in [0.4, 0.5) is 17.1 Å². The standard InChI is InChI=1S/C43H29ClN2O/c1-28-20-22-33(23-21-28)46-39-18-10-8-16-35(39)38-27-37(41-36-17-9-11-19-40(36)47-43(41)42(38)46)29-24-30(44)26-34(25-29)45(31-12-4-2-5-13-31)32-14-6-3-7-15-32/h2-27H,1H3. The second kappa shape index (κ2) is 10.9. The maximum Gasteiger partial charge on any atom is 0.160 e. The fourth-order valence-corrected chi connectivity index (χ4v) is 7.21. The number of anilines is 3. The minimum atomic E-state index is 0.664. The van der Waals surface area contributed by atoms with Crippen molar-refractivity contribution in [1.82, 2.24) is 4.57 Å². The summed E-state index contributed by atoms with van der Waals surface area (Å²) in [5.41, 5.74) is 11.4. The maximum atomic E-state index is 7.02. The average Bonchev–Trinajstić information content (AvgIpc) is 3.66. The van der Waals surface area contributed by atoms with E-state index < -0.39 is 0 Å². The van der Waals surface area contributed by atoms with Gasteiger partial charge in [-0.25, -0.2) is 0 Å². The van der Waals surface area contributed by atoms with Gasteiger partial charge in [0.1, 0.15) is 5.58 Å². The van der Waals surface area contributed by atoms with E-state index in [2.05, 4.69) is 150 Å². The van der Waals surface area contributed by atoms with Crippen LogP contribution in [-0.4, -0.2) is 4.57 Å². The first-order valence-electron chi connectivity index (χ1n) is 15.8. The van der Waals surface area contributed by atoms with Crippen LogP contribution < -0.4 is 4.90 Å². The summed E-state index contributed by atoms with van der Waals surface area (Å²) in [6.45, 7) is 2.12. The quantitative estimate of drug-likeness (QED) is 0.190.